The summed E-state index contributed by atoms with van der Waals surface area (Å²) in [6, 6.07) is 25.6. The van der Waals surface area contributed by atoms with Crippen molar-refractivity contribution in [2.75, 3.05) is 6.54 Å². The molecule has 36 heavy (non-hydrogen) atoms. The lowest BCUT2D eigenvalue weighted by atomic mass is 10.0. The Morgan fingerprint density at radius 1 is 0.861 bits per heavy atom. The molecule has 0 heterocycles. The predicted molar refractivity (Wildman–Crippen MR) is 141 cm³/mol. The highest BCUT2D eigenvalue weighted by Crippen LogP contribution is 2.19. The van der Waals surface area contributed by atoms with Crippen LogP contribution in [0.1, 0.15) is 24.0 Å². The van der Waals surface area contributed by atoms with Gasteiger partial charge in [0.15, 0.2) is 5.96 Å². The van der Waals surface area contributed by atoms with Crippen molar-refractivity contribution >= 4 is 17.8 Å². The van der Waals surface area contributed by atoms with Gasteiger partial charge in [0.25, 0.3) is 0 Å². The average molecular weight is 488 g/mol. The Morgan fingerprint density at radius 3 is 2.11 bits per heavy atom. The zero-order valence-corrected chi connectivity index (χ0v) is 20.2. The molecule has 0 saturated carbocycles. The van der Waals surface area contributed by atoms with E-state index >= 15 is 0 Å². The van der Waals surface area contributed by atoms with E-state index < -0.39 is 24.0 Å². The van der Waals surface area contributed by atoms with Crippen LogP contribution >= 0.6 is 0 Å². The van der Waals surface area contributed by atoms with E-state index in [1.807, 2.05) is 84.9 Å². The normalized spacial score (nSPS) is 12.2. The third-order valence-electron chi connectivity index (χ3n) is 5.66. The van der Waals surface area contributed by atoms with Gasteiger partial charge in [-0.2, -0.15) is 0 Å². The van der Waals surface area contributed by atoms with Crippen LogP contribution < -0.4 is 22.1 Å². The van der Waals surface area contributed by atoms with Crippen LogP contribution in [0.4, 0.5) is 0 Å². The summed E-state index contributed by atoms with van der Waals surface area (Å²) >= 11 is 0. The minimum atomic E-state index is -0.864. The zero-order valence-electron chi connectivity index (χ0n) is 20.2. The summed E-state index contributed by atoms with van der Waals surface area (Å²) in [5.74, 6) is -1.11. The smallest absolute Gasteiger partial charge is 0.328 e. The van der Waals surface area contributed by atoms with Crippen molar-refractivity contribution in [3.63, 3.8) is 0 Å². The van der Waals surface area contributed by atoms with Gasteiger partial charge < -0.3 is 26.8 Å². The third kappa shape index (κ3) is 8.56. The van der Waals surface area contributed by atoms with E-state index in [0.29, 0.717) is 25.8 Å². The molecule has 0 saturated heterocycles. The van der Waals surface area contributed by atoms with Crippen molar-refractivity contribution in [1.82, 2.24) is 10.6 Å². The Morgan fingerprint density at radius 2 is 1.47 bits per heavy atom. The Bertz CT molecular complexity index is 1120. The van der Waals surface area contributed by atoms with Gasteiger partial charge in [0, 0.05) is 6.54 Å². The van der Waals surface area contributed by atoms with Gasteiger partial charge in [0.2, 0.25) is 5.91 Å². The van der Waals surface area contributed by atoms with Crippen LogP contribution in [0.25, 0.3) is 11.1 Å². The van der Waals surface area contributed by atoms with Gasteiger partial charge >= 0.3 is 5.97 Å². The topological polar surface area (TPSA) is 143 Å². The standard InChI is InChI=1S/C28H33N5O3/c29-24(18-20-8-3-1-4-9-20)26(34)33-25(12-7-17-32-28(30)31)27(35)36-19-21-13-15-23(16-14-21)22-10-5-2-6-11-22/h1-6,8-11,13-16,24-25H,7,12,17-19,29H2,(H,33,34)(H4,30,31,32)/t24-,25-/m0/s1. The van der Waals surface area contributed by atoms with Gasteiger partial charge in [0.05, 0.1) is 6.04 Å². The summed E-state index contributed by atoms with van der Waals surface area (Å²) in [4.78, 5) is 25.6. The molecule has 0 bridgehead atoms. The number of nitrogens with two attached hydrogens (primary N) is 2. The van der Waals surface area contributed by atoms with E-state index in [-0.39, 0.29) is 12.6 Å². The summed E-state index contributed by atoms with van der Waals surface area (Å²) in [5.41, 5.74) is 15.4. The Hall–Kier alpha value is -4.17. The maximum absolute atomic E-state index is 12.9. The fourth-order valence-electron chi connectivity index (χ4n) is 3.70. The van der Waals surface area contributed by atoms with Crippen molar-refractivity contribution in [1.29, 1.82) is 5.41 Å². The number of nitrogens with one attached hydrogen (secondary N) is 3. The van der Waals surface area contributed by atoms with E-state index in [1.165, 1.54) is 0 Å². The molecule has 3 rings (SSSR count). The molecule has 0 radical (unpaired) electrons. The van der Waals surface area contributed by atoms with Gasteiger partial charge in [-0.15, -0.1) is 0 Å². The van der Waals surface area contributed by atoms with Crippen LogP contribution in [0.5, 0.6) is 0 Å². The van der Waals surface area contributed by atoms with E-state index in [4.69, 9.17) is 21.6 Å². The lowest BCUT2D eigenvalue weighted by molar-refractivity contribution is -0.149. The van der Waals surface area contributed by atoms with Crippen molar-refractivity contribution < 1.29 is 14.3 Å². The summed E-state index contributed by atoms with van der Waals surface area (Å²) in [6.07, 6.45) is 1.17. The quantitative estimate of drug-likeness (QED) is 0.115. The lowest BCUT2D eigenvalue weighted by Crippen LogP contribution is -2.49. The molecule has 0 unspecified atom stereocenters. The molecule has 0 aliphatic heterocycles. The van der Waals surface area contributed by atoms with E-state index in [1.54, 1.807) is 0 Å². The highest BCUT2D eigenvalue weighted by Gasteiger charge is 2.25. The number of rotatable bonds is 12. The fourth-order valence-corrected chi connectivity index (χ4v) is 3.70. The van der Waals surface area contributed by atoms with Crippen molar-refractivity contribution in [2.24, 2.45) is 11.5 Å². The minimum Gasteiger partial charge on any atom is -0.459 e. The first-order valence-electron chi connectivity index (χ1n) is 11.9. The zero-order chi connectivity index (χ0) is 25.8. The Kier molecular flexibility index (Phi) is 10.0. The third-order valence-corrected chi connectivity index (χ3v) is 5.66. The largest absolute Gasteiger partial charge is 0.459 e. The number of ether oxygens (including phenoxy) is 1. The maximum Gasteiger partial charge on any atom is 0.328 e. The predicted octanol–water partition coefficient (Wildman–Crippen LogP) is 2.71. The summed E-state index contributed by atoms with van der Waals surface area (Å²) < 4.78 is 5.53. The highest BCUT2D eigenvalue weighted by molar-refractivity contribution is 5.87. The van der Waals surface area contributed by atoms with Gasteiger partial charge in [-0.3, -0.25) is 10.2 Å². The van der Waals surface area contributed by atoms with Crippen LogP contribution in [0.3, 0.4) is 0 Å². The first-order chi connectivity index (χ1) is 17.4. The molecule has 2 atom stereocenters. The molecule has 3 aromatic carbocycles. The molecule has 1 amide bonds. The molecule has 8 heteroatoms. The molecular formula is C28H33N5O3. The molecule has 0 aromatic heterocycles. The van der Waals surface area contributed by atoms with Crippen LogP contribution in [-0.4, -0.2) is 36.5 Å². The molecule has 8 nitrogen and oxygen atoms in total. The van der Waals surface area contributed by atoms with Gasteiger partial charge in [-0.25, -0.2) is 4.79 Å². The second-order valence-corrected chi connectivity index (χ2v) is 8.51. The Balaban J connectivity index is 1.58. The van der Waals surface area contributed by atoms with Crippen molar-refractivity contribution in [3.8, 4) is 11.1 Å². The molecule has 188 valence electrons. The van der Waals surface area contributed by atoms with Crippen LogP contribution in [0, 0.1) is 5.41 Å². The first kappa shape index (κ1) is 26.4. The van der Waals surface area contributed by atoms with Crippen LogP contribution in [0.2, 0.25) is 0 Å². The molecule has 7 N–H and O–H groups in total. The number of esters is 1. The van der Waals surface area contributed by atoms with Gasteiger partial charge in [-0.05, 0) is 41.5 Å². The van der Waals surface area contributed by atoms with Crippen LogP contribution in [-0.2, 0) is 27.4 Å². The summed E-state index contributed by atoms with van der Waals surface area (Å²) in [6.45, 7) is 0.480. The van der Waals surface area contributed by atoms with E-state index in [2.05, 4.69) is 10.6 Å². The molecule has 3 aromatic rings. The van der Waals surface area contributed by atoms with Gasteiger partial charge in [-0.1, -0.05) is 84.9 Å². The molecule has 0 aliphatic rings. The van der Waals surface area contributed by atoms with Gasteiger partial charge in [0.1, 0.15) is 12.6 Å². The van der Waals surface area contributed by atoms with E-state index in [0.717, 1.165) is 22.3 Å². The number of hydrogen-bond acceptors (Lipinski definition) is 5. The highest BCUT2D eigenvalue weighted by atomic mass is 16.5. The molecule has 0 spiro atoms. The number of amides is 1. The number of carbonyl (C=O) groups is 2. The minimum absolute atomic E-state index is 0.0854. The number of benzene rings is 3. The fraction of sp³-hybridized carbons (Fsp3) is 0.250. The molecule has 0 fully saturated rings. The molecule has 0 aliphatic carbocycles. The monoisotopic (exact) mass is 487 g/mol. The summed E-state index contributed by atoms with van der Waals surface area (Å²) in [5, 5.41) is 12.7. The SMILES string of the molecule is N=C(N)NCCC[C@H](NC(=O)[C@@H](N)Cc1ccccc1)C(=O)OCc1ccc(-c2ccccc2)cc1. The number of guanidine groups is 1. The second-order valence-electron chi connectivity index (χ2n) is 8.51. The number of hydrogen-bond donors (Lipinski definition) is 5. The lowest BCUT2D eigenvalue weighted by Gasteiger charge is -2.20. The van der Waals surface area contributed by atoms with Crippen LogP contribution in [0.15, 0.2) is 84.9 Å². The first-order valence-corrected chi connectivity index (χ1v) is 11.9. The molecular weight excluding hydrogens is 454 g/mol. The summed E-state index contributed by atoms with van der Waals surface area (Å²) in [7, 11) is 0. The average Bonchev–Trinajstić information content (AvgIpc) is 2.90. The maximum atomic E-state index is 12.9. The number of carbonyl (C=O) groups excluding carboxylic acids is 2. The van der Waals surface area contributed by atoms with Crippen molar-refractivity contribution in [2.45, 2.75) is 38.0 Å². The van der Waals surface area contributed by atoms with E-state index in [9.17, 15) is 9.59 Å². The Labute approximate surface area is 211 Å². The second kappa shape index (κ2) is 13.7. The van der Waals surface area contributed by atoms with Crippen molar-refractivity contribution in [3.05, 3.63) is 96.1 Å².